The zero-order valence-electron chi connectivity index (χ0n) is 10.8. The van der Waals surface area contributed by atoms with E-state index >= 15 is 0 Å². The monoisotopic (exact) mass is 279 g/mol. The molecule has 2 unspecified atom stereocenters. The molecule has 2 N–H and O–H groups in total. The van der Waals surface area contributed by atoms with E-state index in [4.69, 9.17) is 10.5 Å². The minimum absolute atomic E-state index is 0.0321. The number of halogens is 1. The lowest BCUT2D eigenvalue weighted by molar-refractivity contribution is 0.101. The van der Waals surface area contributed by atoms with Crippen LogP contribution < -0.4 is 5.73 Å². The van der Waals surface area contributed by atoms with Gasteiger partial charge in [-0.25, -0.2) is 4.39 Å². The van der Waals surface area contributed by atoms with E-state index in [1.54, 1.807) is 17.4 Å². The van der Waals surface area contributed by atoms with Gasteiger partial charge in [-0.15, -0.1) is 11.3 Å². The first-order chi connectivity index (χ1) is 9.22. The maximum Gasteiger partial charge on any atom is 0.123 e. The largest absolute Gasteiger partial charge is 0.378 e. The third-order valence-corrected chi connectivity index (χ3v) is 4.93. The van der Waals surface area contributed by atoms with E-state index < -0.39 is 0 Å². The molecule has 1 aliphatic heterocycles. The molecule has 1 aromatic heterocycles. The van der Waals surface area contributed by atoms with Gasteiger partial charge in [0, 0.05) is 22.2 Å². The molecule has 1 aromatic carbocycles. The fraction of sp³-hybridized carbons (Fsp3) is 0.467. The molecule has 2 nitrogen and oxygen atoms in total. The normalized spacial score (nSPS) is 21.1. The third-order valence-electron chi connectivity index (χ3n) is 3.69. The summed E-state index contributed by atoms with van der Waals surface area (Å²) in [6, 6.07) is 6.95. The molecule has 1 fully saturated rings. The molecule has 1 saturated heterocycles. The Morgan fingerprint density at radius 1 is 1.42 bits per heavy atom. The van der Waals surface area contributed by atoms with Crippen molar-refractivity contribution in [3.05, 3.63) is 35.0 Å². The van der Waals surface area contributed by atoms with Crippen molar-refractivity contribution in [2.45, 2.75) is 37.8 Å². The van der Waals surface area contributed by atoms with Crippen LogP contribution in [0.5, 0.6) is 0 Å². The van der Waals surface area contributed by atoms with E-state index in [9.17, 15) is 4.39 Å². The van der Waals surface area contributed by atoms with Crippen molar-refractivity contribution < 1.29 is 9.13 Å². The van der Waals surface area contributed by atoms with Crippen molar-refractivity contribution in [2.75, 3.05) is 6.61 Å². The highest BCUT2D eigenvalue weighted by atomic mass is 32.1. The summed E-state index contributed by atoms with van der Waals surface area (Å²) in [4.78, 5) is 1.14. The highest BCUT2D eigenvalue weighted by molar-refractivity contribution is 7.19. The Morgan fingerprint density at radius 2 is 2.32 bits per heavy atom. The number of ether oxygens (including phenoxy) is 1. The molecule has 0 amide bonds. The summed E-state index contributed by atoms with van der Waals surface area (Å²) in [5.74, 6) is -0.190. The number of rotatable bonds is 4. The SMILES string of the molecule is NC(CCC1CCCO1)c1cc2cc(F)ccc2s1. The van der Waals surface area contributed by atoms with Crippen LogP contribution in [0.3, 0.4) is 0 Å². The van der Waals surface area contributed by atoms with E-state index in [1.807, 2.05) is 12.1 Å². The van der Waals surface area contributed by atoms with Gasteiger partial charge in [-0.3, -0.25) is 0 Å². The third kappa shape index (κ3) is 2.96. The lowest BCUT2D eigenvalue weighted by atomic mass is 10.1. The van der Waals surface area contributed by atoms with E-state index in [1.165, 1.54) is 12.5 Å². The molecule has 2 aromatic rings. The highest BCUT2D eigenvalue weighted by Crippen LogP contribution is 2.32. The van der Waals surface area contributed by atoms with E-state index in [0.717, 1.165) is 40.8 Å². The first-order valence-electron chi connectivity index (χ1n) is 6.78. The smallest absolute Gasteiger partial charge is 0.123 e. The number of benzene rings is 1. The first-order valence-corrected chi connectivity index (χ1v) is 7.60. The summed E-state index contributed by atoms with van der Waals surface area (Å²) in [6.07, 6.45) is 4.66. The summed E-state index contributed by atoms with van der Waals surface area (Å²) in [5.41, 5.74) is 6.24. The van der Waals surface area contributed by atoms with Crippen LogP contribution in [0.15, 0.2) is 24.3 Å². The topological polar surface area (TPSA) is 35.2 Å². The molecular weight excluding hydrogens is 261 g/mol. The van der Waals surface area contributed by atoms with Gasteiger partial charge in [-0.05, 0) is 55.3 Å². The average molecular weight is 279 g/mol. The van der Waals surface area contributed by atoms with E-state index in [-0.39, 0.29) is 11.9 Å². The second-order valence-corrected chi connectivity index (χ2v) is 6.27. The molecule has 0 radical (unpaired) electrons. The van der Waals surface area contributed by atoms with Crippen molar-refractivity contribution in [3.8, 4) is 0 Å². The quantitative estimate of drug-likeness (QED) is 0.918. The first kappa shape index (κ1) is 13.0. The van der Waals surface area contributed by atoms with Gasteiger partial charge in [-0.1, -0.05) is 0 Å². The molecule has 0 bridgehead atoms. The van der Waals surface area contributed by atoms with Crippen molar-refractivity contribution in [1.29, 1.82) is 0 Å². The van der Waals surface area contributed by atoms with Gasteiger partial charge in [-0.2, -0.15) is 0 Å². The fourth-order valence-electron chi connectivity index (χ4n) is 2.60. The Morgan fingerprint density at radius 3 is 3.11 bits per heavy atom. The predicted molar refractivity (Wildman–Crippen MR) is 76.9 cm³/mol. The van der Waals surface area contributed by atoms with Crippen LogP contribution in [0.4, 0.5) is 4.39 Å². The Kier molecular flexibility index (Phi) is 3.82. The molecule has 3 rings (SSSR count). The van der Waals surface area contributed by atoms with Crippen LogP contribution in [0.1, 0.15) is 36.6 Å². The molecular formula is C15H18FNOS. The van der Waals surface area contributed by atoms with Gasteiger partial charge < -0.3 is 10.5 Å². The zero-order chi connectivity index (χ0) is 13.2. The minimum Gasteiger partial charge on any atom is -0.378 e. The summed E-state index contributed by atoms with van der Waals surface area (Å²) < 4.78 is 19.9. The molecule has 2 heterocycles. The van der Waals surface area contributed by atoms with Crippen molar-refractivity contribution in [1.82, 2.24) is 0 Å². The molecule has 0 saturated carbocycles. The Balaban J connectivity index is 1.68. The second kappa shape index (κ2) is 5.57. The van der Waals surface area contributed by atoms with Gasteiger partial charge >= 0.3 is 0 Å². The van der Waals surface area contributed by atoms with Crippen LogP contribution in [0, 0.1) is 5.82 Å². The standard InChI is InChI=1S/C15H18FNOS/c16-11-3-6-14-10(8-11)9-15(19-14)13(17)5-4-12-2-1-7-18-12/h3,6,8-9,12-13H,1-2,4-5,7,17H2. The van der Waals surface area contributed by atoms with Gasteiger partial charge in [0.05, 0.1) is 6.10 Å². The van der Waals surface area contributed by atoms with Gasteiger partial charge in [0.15, 0.2) is 0 Å². The van der Waals surface area contributed by atoms with E-state index in [2.05, 4.69) is 0 Å². The van der Waals surface area contributed by atoms with Crippen LogP contribution >= 0.6 is 11.3 Å². The highest BCUT2D eigenvalue weighted by Gasteiger charge is 2.18. The van der Waals surface area contributed by atoms with Crippen molar-refractivity contribution in [3.63, 3.8) is 0 Å². The van der Waals surface area contributed by atoms with E-state index in [0.29, 0.717) is 6.10 Å². The molecule has 2 atom stereocenters. The lowest BCUT2D eigenvalue weighted by Crippen LogP contribution is -2.13. The lowest BCUT2D eigenvalue weighted by Gasteiger charge is -2.13. The van der Waals surface area contributed by atoms with Crippen LogP contribution in [0.2, 0.25) is 0 Å². The maximum atomic E-state index is 13.2. The van der Waals surface area contributed by atoms with Crippen LogP contribution in [-0.4, -0.2) is 12.7 Å². The van der Waals surface area contributed by atoms with Gasteiger partial charge in [0.25, 0.3) is 0 Å². The molecule has 102 valence electrons. The molecule has 1 aliphatic rings. The fourth-order valence-corrected chi connectivity index (χ4v) is 3.68. The maximum absolute atomic E-state index is 13.2. The average Bonchev–Trinajstić information content (AvgIpc) is 3.04. The van der Waals surface area contributed by atoms with Crippen molar-refractivity contribution in [2.24, 2.45) is 5.73 Å². The summed E-state index contributed by atoms with van der Waals surface area (Å²) in [5, 5.41) is 0.951. The van der Waals surface area contributed by atoms with Crippen LogP contribution in [-0.2, 0) is 4.74 Å². The Bertz CT molecular complexity index is 562. The molecule has 0 spiro atoms. The number of hydrogen-bond donors (Lipinski definition) is 1. The summed E-state index contributed by atoms with van der Waals surface area (Å²) >= 11 is 1.66. The predicted octanol–water partition coefficient (Wildman–Crippen LogP) is 4.00. The van der Waals surface area contributed by atoms with Gasteiger partial charge in [0.1, 0.15) is 5.82 Å². The zero-order valence-corrected chi connectivity index (χ0v) is 11.6. The van der Waals surface area contributed by atoms with Crippen LogP contribution in [0.25, 0.3) is 10.1 Å². The van der Waals surface area contributed by atoms with Crippen molar-refractivity contribution >= 4 is 21.4 Å². The summed E-state index contributed by atoms with van der Waals surface area (Å²) in [7, 11) is 0. The minimum atomic E-state index is -0.190. The number of fused-ring (bicyclic) bond motifs is 1. The molecule has 0 aliphatic carbocycles. The number of nitrogens with two attached hydrogens (primary N) is 1. The number of hydrogen-bond acceptors (Lipinski definition) is 3. The summed E-state index contributed by atoms with van der Waals surface area (Å²) in [6.45, 7) is 0.891. The molecule has 4 heteroatoms. The van der Waals surface area contributed by atoms with Gasteiger partial charge in [0.2, 0.25) is 0 Å². The second-order valence-electron chi connectivity index (χ2n) is 5.15. The Labute approximate surface area is 116 Å². The Hall–Kier alpha value is -0.970. The number of thiophene rings is 1. The molecule has 19 heavy (non-hydrogen) atoms.